The fourth-order valence-electron chi connectivity index (χ4n) is 2.41. The summed E-state index contributed by atoms with van der Waals surface area (Å²) < 4.78 is 0. The van der Waals surface area contributed by atoms with Crippen molar-refractivity contribution < 1.29 is 4.79 Å². The van der Waals surface area contributed by atoms with Crippen molar-refractivity contribution in [3.8, 4) is 0 Å². The molecule has 0 unspecified atom stereocenters. The van der Waals surface area contributed by atoms with Crippen molar-refractivity contribution in [2.45, 2.75) is 39.3 Å². The number of nitrogens with zero attached hydrogens (tertiary/aromatic N) is 2. The number of guanidine groups is 1. The number of carbonyl (C=O) groups is 1. The Morgan fingerprint density at radius 2 is 1.95 bits per heavy atom. The molecule has 2 rings (SSSR count). The molecule has 22 heavy (non-hydrogen) atoms. The second kappa shape index (κ2) is 9.66. The maximum absolute atomic E-state index is 12.2. The number of hydrogen-bond donors (Lipinski definition) is 2. The average Bonchev–Trinajstić information content (AvgIpc) is 2.93. The first kappa shape index (κ1) is 18.7. The summed E-state index contributed by atoms with van der Waals surface area (Å²) in [6.45, 7) is 4.96. The first-order chi connectivity index (χ1) is 10.2. The minimum atomic E-state index is 0. The molecular weight excluding hydrogens is 391 g/mol. The maximum Gasteiger partial charge on any atom is 0.223 e. The smallest absolute Gasteiger partial charge is 0.223 e. The van der Waals surface area contributed by atoms with Gasteiger partial charge in [0.05, 0.1) is 0 Å². The van der Waals surface area contributed by atoms with Crippen molar-refractivity contribution in [1.29, 1.82) is 0 Å². The monoisotopic (exact) mass is 416 g/mol. The summed E-state index contributed by atoms with van der Waals surface area (Å²) in [7, 11) is 0. The van der Waals surface area contributed by atoms with E-state index >= 15 is 0 Å². The lowest BCUT2D eigenvalue weighted by Gasteiger charge is -2.15. The molecular formula is C16H25IN4O. The Kier molecular flexibility index (Phi) is 8.22. The number of carbonyl (C=O) groups excluding carboxylic acids is 1. The molecule has 0 atom stereocenters. The molecule has 5 nitrogen and oxygen atoms in total. The number of halogens is 1. The third-order valence-electron chi connectivity index (χ3n) is 3.57. The van der Waals surface area contributed by atoms with Crippen molar-refractivity contribution in [2.24, 2.45) is 10.7 Å². The molecule has 1 amide bonds. The van der Waals surface area contributed by atoms with Gasteiger partial charge in [-0.15, -0.1) is 24.0 Å². The molecule has 0 radical (unpaired) electrons. The van der Waals surface area contributed by atoms with Crippen LogP contribution in [0.25, 0.3) is 0 Å². The van der Waals surface area contributed by atoms with E-state index in [0.29, 0.717) is 18.9 Å². The highest BCUT2D eigenvalue weighted by Crippen LogP contribution is 2.22. The first-order valence-electron chi connectivity index (χ1n) is 7.59. The van der Waals surface area contributed by atoms with E-state index in [9.17, 15) is 4.79 Å². The fourth-order valence-corrected chi connectivity index (χ4v) is 2.41. The van der Waals surface area contributed by atoms with E-state index in [0.717, 1.165) is 32.5 Å². The van der Waals surface area contributed by atoms with Crippen molar-refractivity contribution in [3.63, 3.8) is 0 Å². The molecule has 0 bridgehead atoms. The molecule has 1 aromatic rings. The zero-order valence-electron chi connectivity index (χ0n) is 13.0. The van der Waals surface area contributed by atoms with Crippen LogP contribution in [-0.2, 0) is 17.9 Å². The molecule has 6 heteroatoms. The van der Waals surface area contributed by atoms with Gasteiger partial charge in [0.25, 0.3) is 0 Å². The van der Waals surface area contributed by atoms with Crippen LogP contribution in [0, 0.1) is 0 Å². The molecule has 3 N–H and O–H groups in total. The van der Waals surface area contributed by atoms with E-state index in [1.54, 1.807) is 0 Å². The Balaban J connectivity index is 0.00000242. The van der Waals surface area contributed by atoms with Gasteiger partial charge in [0, 0.05) is 32.6 Å². The molecule has 1 aromatic carbocycles. The van der Waals surface area contributed by atoms with E-state index in [2.05, 4.69) is 29.4 Å². The van der Waals surface area contributed by atoms with E-state index < -0.39 is 0 Å². The summed E-state index contributed by atoms with van der Waals surface area (Å²) in [5.41, 5.74) is 8.23. The average molecular weight is 416 g/mol. The zero-order chi connectivity index (χ0) is 15.1. The normalized spacial score (nSPS) is 13.5. The summed E-state index contributed by atoms with van der Waals surface area (Å²) in [4.78, 5) is 18.2. The predicted molar refractivity (Wildman–Crippen MR) is 100 cm³/mol. The van der Waals surface area contributed by atoms with Crippen LogP contribution in [0.2, 0.25) is 0 Å². The topological polar surface area (TPSA) is 70.7 Å². The fraction of sp³-hybridized carbons (Fsp3) is 0.500. The van der Waals surface area contributed by atoms with Crippen molar-refractivity contribution >= 4 is 35.8 Å². The van der Waals surface area contributed by atoms with Crippen LogP contribution in [0.15, 0.2) is 29.3 Å². The predicted octanol–water partition coefficient (Wildman–Crippen LogP) is 2.24. The largest absolute Gasteiger partial charge is 0.370 e. The highest BCUT2D eigenvalue weighted by molar-refractivity contribution is 14.0. The van der Waals surface area contributed by atoms with Gasteiger partial charge in [0.2, 0.25) is 5.91 Å². The molecule has 0 saturated carbocycles. The van der Waals surface area contributed by atoms with Gasteiger partial charge in [-0.05, 0) is 24.0 Å². The first-order valence-corrected chi connectivity index (χ1v) is 7.59. The zero-order valence-corrected chi connectivity index (χ0v) is 15.4. The molecule has 122 valence electrons. The Hall–Kier alpha value is -1.31. The quantitative estimate of drug-likeness (QED) is 0.324. The van der Waals surface area contributed by atoms with Crippen LogP contribution in [0.3, 0.4) is 0 Å². The summed E-state index contributed by atoms with van der Waals surface area (Å²) in [5, 5.41) is 3.04. The van der Waals surface area contributed by atoms with Crippen molar-refractivity contribution in [1.82, 2.24) is 10.2 Å². The van der Waals surface area contributed by atoms with Crippen LogP contribution in [-0.4, -0.2) is 29.9 Å². The van der Waals surface area contributed by atoms with Crippen LogP contribution in [0.1, 0.15) is 37.3 Å². The lowest BCUT2D eigenvalue weighted by molar-refractivity contribution is -0.131. The van der Waals surface area contributed by atoms with Crippen LogP contribution in [0.4, 0.5) is 0 Å². The third kappa shape index (κ3) is 5.47. The molecule has 1 heterocycles. The Morgan fingerprint density at radius 1 is 1.32 bits per heavy atom. The lowest BCUT2D eigenvalue weighted by atomic mass is 10.1. The molecule has 1 aliphatic rings. The van der Waals surface area contributed by atoms with E-state index in [1.807, 2.05) is 17.0 Å². The standard InChI is InChI=1S/C16H24N4O.HI/c1-2-9-18-16(17)19-10-5-8-15(21)20-11-13-6-3-4-7-14(13)12-20;/h3-4,6-7H,2,5,8-12H2,1H3,(H3,17,18,19);1H. The van der Waals surface area contributed by atoms with Gasteiger partial charge >= 0.3 is 0 Å². The molecule has 0 saturated heterocycles. The summed E-state index contributed by atoms with van der Waals surface area (Å²) in [6.07, 6.45) is 2.30. The minimum Gasteiger partial charge on any atom is -0.370 e. The highest BCUT2D eigenvalue weighted by atomic mass is 127. The molecule has 0 aromatic heterocycles. The number of fused-ring (bicyclic) bond motifs is 1. The number of nitrogens with two attached hydrogens (primary N) is 1. The Morgan fingerprint density at radius 3 is 2.55 bits per heavy atom. The minimum absolute atomic E-state index is 0. The Labute approximate surface area is 149 Å². The van der Waals surface area contributed by atoms with Crippen LogP contribution >= 0.6 is 24.0 Å². The van der Waals surface area contributed by atoms with Gasteiger partial charge in [-0.3, -0.25) is 9.79 Å². The van der Waals surface area contributed by atoms with Gasteiger partial charge in [0.15, 0.2) is 5.96 Å². The highest BCUT2D eigenvalue weighted by Gasteiger charge is 2.21. The lowest BCUT2D eigenvalue weighted by Crippen LogP contribution is -2.33. The number of amides is 1. The molecule has 0 aliphatic carbocycles. The second-order valence-corrected chi connectivity index (χ2v) is 5.32. The van der Waals surface area contributed by atoms with E-state index in [4.69, 9.17) is 5.73 Å². The SMILES string of the molecule is CCCN=C(N)NCCCC(=O)N1Cc2ccccc2C1.I. The number of rotatable bonds is 6. The Bertz CT molecular complexity index is 494. The van der Waals surface area contributed by atoms with Crippen molar-refractivity contribution in [2.75, 3.05) is 13.1 Å². The molecule has 0 fully saturated rings. The van der Waals surface area contributed by atoms with Gasteiger partial charge < -0.3 is 16.0 Å². The van der Waals surface area contributed by atoms with E-state index in [1.165, 1.54) is 11.1 Å². The summed E-state index contributed by atoms with van der Waals surface area (Å²) in [5.74, 6) is 0.676. The number of nitrogens with one attached hydrogen (secondary N) is 1. The van der Waals surface area contributed by atoms with Crippen LogP contribution < -0.4 is 11.1 Å². The molecule has 1 aliphatic heterocycles. The molecule has 0 spiro atoms. The van der Waals surface area contributed by atoms with E-state index in [-0.39, 0.29) is 29.9 Å². The number of hydrogen-bond acceptors (Lipinski definition) is 2. The van der Waals surface area contributed by atoms with Crippen molar-refractivity contribution in [3.05, 3.63) is 35.4 Å². The van der Waals surface area contributed by atoms with Gasteiger partial charge in [-0.2, -0.15) is 0 Å². The summed E-state index contributed by atoms with van der Waals surface area (Å²) in [6, 6.07) is 8.23. The van der Waals surface area contributed by atoms with Crippen LogP contribution in [0.5, 0.6) is 0 Å². The number of benzene rings is 1. The van der Waals surface area contributed by atoms with Gasteiger partial charge in [-0.1, -0.05) is 31.2 Å². The van der Waals surface area contributed by atoms with Gasteiger partial charge in [0.1, 0.15) is 0 Å². The summed E-state index contributed by atoms with van der Waals surface area (Å²) >= 11 is 0. The third-order valence-corrected chi connectivity index (χ3v) is 3.57. The second-order valence-electron chi connectivity index (χ2n) is 5.32. The number of aliphatic imine (C=N–C) groups is 1. The maximum atomic E-state index is 12.2. The van der Waals surface area contributed by atoms with Gasteiger partial charge in [-0.25, -0.2) is 0 Å².